The molecular formula is C25H26ClN3O3. The van der Waals surface area contributed by atoms with Crippen molar-refractivity contribution in [3.63, 3.8) is 0 Å². The van der Waals surface area contributed by atoms with Gasteiger partial charge in [-0.25, -0.2) is 14.8 Å². The summed E-state index contributed by atoms with van der Waals surface area (Å²) in [5.41, 5.74) is 3.95. The van der Waals surface area contributed by atoms with E-state index >= 15 is 0 Å². The number of hydrogen-bond donors (Lipinski definition) is 1. The molecule has 0 fully saturated rings. The van der Waals surface area contributed by atoms with E-state index in [0.717, 1.165) is 18.5 Å². The first-order valence-corrected chi connectivity index (χ1v) is 10.9. The van der Waals surface area contributed by atoms with E-state index in [4.69, 9.17) is 16.3 Å². The largest absolute Gasteiger partial charge is 0.486 e. The Bertz CT molecular complexity index is 1160. The first-order valence-electron chi connectivity index (χ1n) is 10.6. The molecule has 1 aliphatic heterocycles. The van der Waals surface area contributed by atoms with Crippen LogP contribution in [0.4, 0.5) is 5.95 Å². The zero-order valence-electron chi connectivity index (χ0n) is 18.4. The third-order valence-electron chi connectivity index (χ3n) is 5.66. The monoisotopic (exact) mass is 451 g/mol. The van der Waals surface area contributed by atoms with Crippen LogP contribution in [0.25, 0.3) is 0 Å². The van der Waals surface area contributed by atoms with Crippen LogP contribution in [0.3, 0.4) is 0 Å². The summed E-state index contributed by atoms with van der Waals surface area (Å²) >= 11 is 6.42. The van der Waals surface area contributed by atoms with Crippen LogP contribution >= 0.6 is 11.6 Å². The van der Waals surface area contributed by atoms with E-state index in [0.29, 0.717) is 29.0 Å². The second kappa shape index (κ2) is 8.79. The standard InChI is InChI=1S/C25H26ClN3O3/c1-25(2,3)18-8-9-22(20(26)12-18)32-15-21-19(23(30)31)13-27-24(28-21)29-11-10-16-6-4-5-7-17(16)14-29/h4-9,12-13H,10-11,14-15H2,1-3H3,(H,30,31). The van der Waals surface area contributed by atoms with E-state index in [1.165, 1.54) is 17.3 Å². The van der Waals surface area contributed by atoms with Crippen molar-refractivity contribution in [1.82, 2.24) is 9.97 Å². The second-order valence-electron chi connectivity index (χ2n) is 8.96. The third kappa shape index (κ3) is 4.70. The van der Waals surface area contributed by atoms with E-state index in [1.807, 2.05) is 30.3 Å². The van der Waals surface area contributed by atoms with Crippen molar-refractivity contribution in [2.75, 3.05) is 11.4 Å². The summed E-state index contributed by atoms with van der Waals surface area (Å²) in [6.45, 7) is 7.77. The van der Waals surface area contributed by atoms with Crippen LogP contribution in [0.5, 0.6) is 5.75 Å². The van der Waals surface area contributed by atoms with E-state index in [9.17, 15) is 9.90 Å². The number of anilines is 1. The molecule has 2 heterocycles. The Morgan fingerprint density at radius 2 is 1.94 bits per heavy atom. The number of fused-ring (bicyclic) bond motifs is 1. The van der Waals surface area contributed by atoms with Crippen LogP contribution in [0.1, 0.15) is 53.5 Å². The van der Waals surface area contributed by atoms with Crippen LogP contribution in [-0.2, 0) is 25.0 Å². The molecule has 6 nitrogen and oxygen atoms in total. The Balaban J connectivity index is 1.56. The van der Waals surface area contributed by atoms with Crippen LogP contribution in [0, 0.1) is 0 Å². The number of carbonyl (C=O) groups is 1. The summed E-state index contributed by atoms with van der Waals surface area (Å²) in [5, 5.41) is 10.1. The number of carboxylic acids is 1. The summed E-state index contributed by atoms with van der Waals surface area (Å²) in [7, 11) is 0. The highest BCUT2D eigenvalue weighted by molar-refractivity contribution is 6.32. The van der Waals surface area contributed by atoms with E-state index in [1.54, 1.807) is 0 Å². The first-order chi connectivity index (χ1) is 15.2. The topological polar surface area (TPSA) is 75.5 Å². The molecular weight excluding hydrogens is 426 g/mol. The number of hydrogen-bond acceptors (Lipinski definition) is 5. The number of benzene rings is 2. The molecule has 1 aromatic heterocycles. The molecule has 0 aliphatic carbocycles. The summed E-state index contributed by atoms with van der Waals surface area (Å²) in [6.07, 6.45) is 2.25. The summed E-state index contributed by atoms with van der Waals surface area (Å²) in [5.74, 6) is -0.103. The summed E-state index contributed by atoms with van der Waals surface area (Å²) < 4.78 is 5.88. The number of aromatic carboxylic acids is 1. The molecule has 3 aromatic rings. The Labute approximate surface area is 192 Å². The lowest BCUT2D eigenvalue weighted by atomic mass is 9.87. The molecule has 0 saturated heterocycles. The van der Waals surface area contributed by atoms with Gasteiger partial charge in [0.2, 0.25) is 5.95 Å². The molecule has 7 heteroatoms. The van der Waals surface area contributed by atoms with Gasteiger partial charge in [0.15, 0.2) is 0 Å². The maximum absolute atomic E-state index is 11.7. The minimum absolute atomic E-state index is 0.0177. The molecule has 0 spiro atoms. The fourth-order valence-corrected chi connectivity index (χ4v) is 3.98. The number of carboxylic acid groups (broad SMARTS) is 1. The lowest BCUT2D eigenvalue weighted by Gasteiger charge is -2.29. The molecule has 0 amide bonds. The molecule has 4 rings (SSSR count). The zero-order valence-corrected chi connectivity index (χ0v) is 19.2. The lowest BCUT2D eigenvalue weighted by Crippen LogP contribution is -2.32. The molecule has 32 heavy (non-hydrogen) atoms. The van der Waals surface area contributed by atoms with Gasteiger partial charge in [-0.05, 0) is 40.7 Å². The maximum Gasteiger partial charge on any atom is 0.339 e. The highest BCUT2D eigenvalue weighted by atomic mass is 35.5. The molecule has 0 bridgehead atoms. The van der Waals surface area contributed by atoms with Crippen LogP contribution in [-0.4, -0.2) is 27.6 Å². The first kappa shape index (κ1) is 22.1. The van der Waals surface area contributed by atoms with Gasteiger partial charge in [-0.15, -0.1) is 0 Å². The Hall–Kier alpha value is -3.12. The van der Waals surface area contributed by atoms with Crippen molar-refractivity contribution in [1.29, 1.82) is 0 Å². The van der Waals surface area contributed by atoms with Crippen LogP contribution in [0.2, 0.25) is 5.02 Å². The predicted molar refractivity (Wildman–Crippen MR) is 125 cm³/mol. The van der Waals surface area contributed by atoms with E-state index < -0.39 is 5.97 Å². The fourth-order valence-electron chi connectivity index (χ4n) is 3.74. The number of halogens is 1. The van der Waals surface area contributed by atoms with Gasteiger partial charge in [-0.1, -0.05) is 62.7 Å². The van der Waals surface area contributed by atoms with Crippen molar-refractivity contribution in [2.45, 2.75) is 45.8 Å². The van der Waals surface area contributed by atoms with E-state index in [-0.39, 0.29) is 17.6 Å². The highest BCUT2D eigenvalue weighted by Crippen LogP contribution is 2.32. The maximum atomic E-state index is 11.7. The number of aromatic nitrogens is 2. The molecule has 0 saturated carbocycles. The van der Waals surface area contributed by atoms with Crippen molar-refractivity contribution in [3.8, 4) is 5.75 Å². The Kier molecular flexibility index (Phi) is 6.07. The normalized spacial score (nSPS) is 13.6. The van der Waals surface area contributed by atoms with Gasteiger partial charge in [-0.2, -0.15) is 0 Å². The van der Waals surface area contributed by atoms with Gasteiger partial charge in [0.25, 0.3) is 0 Å². The average molecular weight is 452 g/mol. The molecule has 166 valence electrons. The van der Waals surface area contributed by atoms with E-state index in [2.05, 4.69) is 47.8 Å². The minimum Gasteiger partial charge on any atom is -0.486 e. The van der Waals surface area contributed by atoms with Crippen molar-refractivity contribution in [2.24, 2.45) is 0 Å². The predicted octanol–water partition coefficient (Wildman–Crippen LogP) is 5.27. The molecule has 0 unspecified atom stereocenters. The molecule has 0 radical (unpaired) electrons. The van der Waals surface area contributed by atoms with Gasteiger partial charge in [0.05, 0.1) is 10.7 Å². The number of rotatable bonds is 5. The number of ether oxygens (including phenoxy) is 1. The van der Waals surface area contributed by atoms with Crippen molar-refractivity contribution < 1.29 is 14.6 Å². The number of nitrogens with zero attached hydrogens (tertiary/aromatic N) is 3. The smallest absolute Gasteiger partial charge is 0.339 e. The van der Waals surface area contributed by atoms with Crippen LogP contribution in [0.15, 0.2) is 48.7 Å². The van der Waals surface area contributed by atoms with Crippen molar-refractivity contribution in [3.05, 3.63) is 81.6 Å². The molecule has 1 aliphatic rings. The van der Waals surface area contributed by atoms with Gasteiger partial charge in [0.1, 0.15) is 17.9 Å². The van der Waals surface area contributed by atoms with Gasteiger partial charge >= 0.3 is 5.97 Å². The summed E-state index contributed by atoms with van der Waals surface area (Å²) in [4.78, 5) is 22.7. The Morgan fingerprint density at radius 1 is 1.19 bits per heavy atom. The zero-order chi connectivity index (χ0) is 22.9. The average Bonchev–Trinajstić information content (AvgIpc) is 2.77. The second-order valence-corrected chi connectivity index (χ2v) is 9.37. The highest BCUT2D eigenvalue weighted by Gasteiger charge is 2.22. The lowest BCUT2D eigenvalue weighted by molar-refractivity contribution is 0.0692. The van der Waals surface area contributed by atoms with Gasteiger partial charge in [-0.3, -0.25) is 0 Å². The molecule has 2 aromatic carbocycles. The molecule has 0 atom stereocenters. The quantitative estimate of drug-likeness (QED) is 0.569. The third-order valence-corrected chi connectivity index (χ3v) is 5.96. The van der Waals surface area contributed by atoms with Crippen molar-refractivity contribution >= 4 is 23.5 Å². The van der Waals surface area contributed by atoms with Crippen LogP contribution < -0.4 is 9.64 Å². The van der Waals surface area contributed by atoms with Gasteiger partial charge in [0, 0.05) is 19.3 Å². The fraction of sp³-hybridized carbons (Fsp3) is 0.320. The van der Waals surface area contributed by atoms with Gasteiger partial charge < -0.3 is 14.7 Å². The SMILES string of the molecule is CC(C)(C)c1ccc(OCc2nc(N3CCc4ccccc4C3)ncc2C(=O)O)c(Cl)c1. The minimum atomic E-state index is -1.09. The summed E-state index contributed by atoms with van der Waals surface area (Å²) in [6, 6.07) is 14.0. The Morgan fingerprint density at radius 3 is 2.62 bits per heavy atom. The molecule has 1 N–H and O–H groups in total.